The van der Waals surface area contributed by atoms with Crippen molar-refractivity contribution in [3.63, 3.8) is 0 Å². The second-order valence-electron chi connectivity index (χ2n) is 6.97. The van der Waals surface area contributed by atoms with E-state index in [9.17, 15) is 35.1 Å². The highest BCUT2D eigenvalue weighted by atomic mass is 27.2. The molecule has 9 heteroatoms. The highest BCUT2D eigenvalue weighted by Gasteiger charge is 2.40. The van der Waals surface area contributed by atoms with Crippen LogP contribution in [-0.2, 0) is 0 Å². The maximum absolute atomic E-state index is 14.8. The lowest BCUT2D eigenvalue weighted by Gasteiger charge is -2.20. The molecule has 0 N–H and O–H groups in total. The molecule has 0 aliphatic rings. The topological polar surface area (TPSA) is 0 Å². The summed E-state index contributed by atoms with van der Waals surface area (Å²) < 4.78 is 113. The van der Waals surface area contributed by atoms with Gasteiger partial charge in [-0.05, 0) is 64.5 Å². The molecule has 30 heavy (non-hydrogen) atoms. The van der Waals surface area contributed by atoms with Crippen LogP contribution in [0.2, 0.25) is 0 Å². The molecule has 3 rings (SSSR count). The lowest BCUT2D eigenvalue weighted by atomic mass is 10.2. The molecule has 0 aliphatic heterocycles. The molecule has 156 valence electrons. The summed E-state index contributed by atoms with van der Waals surface area (Å²) in [5.41, 5.74) is -1.17. The Morgan fingerprint density at radius 2 is 0.967 bits per heavy atom. The Morgan fingerprint density at radius 1 is 0.533 bits per heavy atom. The molecule has 0 nitrogen and oxygen atoms in total. The third kappa shape index (κ3) is 3.61. The van der Waals surface area contributed by atoms with Crippen molar-refractivity contribution in [1.82, 2.24) is 0 Å². The van der Waals surface area contributed by atoms with Crippen LogP contribution in [-0.4, -0.2) is 14.1 Å². The minimum absolute atomic E-state index is 0.340. The number of hydrogen-bond acceptors (Lipinski definition) is 0. The van der Waals surface area contributed by atoms with E-state index in [1.54, 1.807) is 0 Å². The van der Waals surface area contributed by atoms with Crippen molar-refractivity contribution < 1.29 is 35.1 Å². The van der Waals surface area contributed by atoms with Crippen LogP contribution in [0.15, 0.2) is 24.3 Å². The predicted molar refractivity (Wildman–Crippen MR) is 97.9 cm³/mol. The molecule has 3 aromatic rings. The molecule has 0 fully saturated rings. The van der Waals surface area contributed by atoms with E-state index in [1.165, 1.54) is 0 Å². The number of halogens is 8. The number of hydrogen-bond donors (Lipinski definition) is 0. The summed E-state index contributed by atoms with van der Waals surface area (Å²) in [6, 6.07) is 2.37. The van der Waals surface area contributed by atoms with Crippen molar-refractivity contribution in [2.75, 3.05) is 0 Å². The van der Waals surface area contributed by atoms with Crippen LogP contribution < -0.4 is 13.3 Å². The van der Waals surface area contributed by atoms with Crippen molar-refractivity contribution in [1.29, 1.82) is 0 Å². The molecule has 0 saturated carbocycles. The van der Waals surface area contributed by atoms with Crippen LogP contribution in [0.4, 0.5) is 35.1 Å². The molecule has 0 unspecified atom stereocenters. The van der Waals surface area contributed by atoms with Crippen LogP contribution in [0.1, 0.15) is 16.7 Å². The van der Waals surface area contributed by atoms with Crippen LogP contribution in [0.3, 0.4) is 0 Å². The van der Waals surface area contributed by atoms with Crippen molar-refractivity contribution in [2.24, 2.45) is 0 Å². The summed E-state index contributed by atoms with van der Waals surface area (Å²) in [5.74, 6) is -11.5. The fourth-order valence-corrected chi connectivity index (χ4v) is 6.69. The first-order chi connectivity index (χ1) is 14.0. The standard InChI is InChI=1S/2C7H4F3.C7H5F2.Al/c2*1-4-2-5(8)3-6(9)7(4)10;1-5-2-3-6(8)4-7(5)9;/h2*2H,1H3;3-4H,1H3;. The van der Waals surface area contributed by atoms with E-state index in [-0.39, 0.29) is 5.56 Å². The lowest BCUT2D eigenvalue weighted by molar-refractivity contribution is 0.494. The molecule has 0 amide bonds. The van der Waals surface area contributed by atoms with Crippen LogP contribution in [0.25, 0.3) is 0 Å². The summed E-state index contributed by atoms with van der Waals surface area (Å²) in [7, 11) is 0. The molecule has 0 bridgehead atoms. The Labute approximate surface area is 171 Å². The zero-order valence-electron chi connectivity index (χ0n) is 15.9. The van der Waals surface area contributed by atoms with Gasteiger partial charge in [-0.3, -0.25) is 0 Å². The van der Waals surface area contributed by atoms with Crippen molar-refractivity contribution >= 4 is 27.4 Å². The van der Waals surface area contributed by atoms with Gasteiger partial charge in [0.1, 0.15) is 34.9 Å². The van der Waals surface area contributed by atoms with Crippen LogP contribution >= 0.6 is 0 Å². The highest BCUT2D eigenvalue weighted by Crippen LogP contribution is 2.18. The first kappa shape index (κ1) is 22.3. The van der Waals surface area contributed by atoms with Crippen LogP contribution in [0.5, 0.6) is 0 Å². The molecule has 0 saturated heterocycles. The molecule has 0 aliphatic carbocycles. The minimum Gasteiger partial charge on any atom is -0.208 e. The number of aryl methyl sites for hydroxylation is 2. The molecule has 0 atom stereocenters. The molecule has 0 heterocycles. The van der Waals surface area contributed by atoms with Crippen molar-refractivity contribution in [3.8, 4) is 0 Å². The third-order valence-electron chi connectivity index (χ3n) is 4.99. The van der Waals surface area contributed by atoms with Gasteiger partial charge in [-0.25, -0.2) is 35.1 Å². The van der Waals surface area contributed by atoms with Gasteiger partial charge in [0.15, 0.2) is 11.6 Å². The summed E-state index contributed by atoms with van der Waals surface area (Å²) in [4.78, 5) is 0. The molecular formula is C21H13AlF8. The monoisotopic (exact) mass is 444 g/mol. The second kappa shape index (κ2) is 8.05. The van der Waals surface area contributed by atoms with E-state index in [4.69, 9.17) is 0 Å². The maximum Gasteiger partial charge on any atom is 0.403 e. The Hall–Kier alpha value is -2.37. The zero-order chi connectivity index (χ0) is 22.5. The highest BCUT2D eigenvalue weighted by molar-refractivity contribution is 6.96. The Morgan fingerprint density at radius 3 is 1.40 bits per heavy atom. The predicted octanol–water partition coefficient (Wildman–Crippen LogP) is 4.24. The summed E-state index contributed by atoms with van der Waals surface area (Å²) in [5, 5.41) is 0. The maximum atomic E-state index is 14.8. The van der Waals surface area contributed by atoms with Crippen molar-refractivity contribution in [2.45, 2.75) is 20.8 Å². The second-order valence-corrected chi connectivity index (χ2v) is 9.61. The number of benzene rings is 3. The van der Waals surface area contributed by atoms with E-state index in [1.807, 2.05) is 0 Å². The lowest BCUT2D eigenvalue weighted by Crippen LogP contribution is -2.58. The first-order valence-electron chi connectivity index (χ1n) is 8.69. The Bertz CT molecular complexity index is 1110. The summed E-state index contributed by atoms with van der Waals surface area (Å²) in [6.07, 6.45) is 0. The molecule has 3 aromatic carbocycles. The molecule has 0 radical (unpaired) electrons. The van der Waals surface area contributed by atoms with Gasteiger partial charge < -0.3 is 0 Å². The van der Waals surface area contributed by atoms with E-state index in [0.717, 1.165) is 20.8 Å². The average molecular weight is 444 g/mol. The Kier molecular flexibility index (Phi) is 5.99. The van der Waals surface area contributed by atoms with Crippen molar-refractivity contribution in [3.05, 3.63) is 87.5 Å². The van der Waals surface area contributed by atoms with Gasteiger partial charge in [-0.1, -0.05) is 4.43 Å². The van der Waals surface area contributed by atoms with E-state index < -0.39 is 85.1 Å². The zero-order valence-corrected chi connectivity index (χ0v) is 17.1. The first-order valence-corrected chi connectivity index (χ1v) is 10.4. The smallest absolute Gasteiger partial charge is 0.208 e. The fourth-order valence-electron chi connectivity index (χ4n) is 3.40. The minimum atomic E-state index is -4.12. The third-order valence-corrected chi connectivity index (χ3v) is 8.42. The van der Waals surface area contributed by atoms with E-state index in [0.29, 0.717) is 24.3 Å². The summed E-state index contributed by atoms with van der Waals surface area (Å²) in [6.45, 7) is 3.26. The normalized spacial score (nSPS) is 11.2. The SMILES string of the molecule is Cc1cc(F)[c]([Al]([c]2cc(F)cc(F)c2C)[c]2c(F)cc(C)c(F)c2F)c(F)c1F. The van der Waals surface area contributed by atoms with Gasteiger partial charge in [0.2, 0.25) is 0 Å². The van der Waals surface area contributed by atoms with Gasteiger partial charge in [-0.15, -0.1) is 0 Å². The quantitative estimate of drug-likeness (QED) is 0.322. The number of rotatable bonds is 3. The van der Waals surface area contributed by atoms with Gasteiger partial charge in [0.25, 0.3) is 0 Å². The van der Waals surface area contributed by atoms with Gasteiger partial charge in [0.05, 0.1) is 0 Å². The van der Waals surface area contributed by atoms with E-state index in [2.05, 4.69) is 0 Å². The summed E-state index contributed by atoms with van der Waals surface area (Å²) >= 11 is -4.12. The van der Waals surface area contributed by atoms with Crippen LogP contribution in [0, 0.1) is 67.3 Å². The Balaban J connectivity index is 2.52. The molecular weight excluding hydrogens is 431 g/mol. The largest absolute Gasteiger partial charge is 0.403 e. The van der Waals surface area contributed by atoms with E-state index >= 15 is 0 Å². The fraction of sp³-hybridized carbons (Fsp3) is 0.143. The van der Waals surface area contributed by atoms with Gasteiger partial charge >= 0.3 is 14.1 Å². The van der Waals surface area contributed by atoms with Gasteiger partial charge in [-0.2, -0.15) is 0 Å². The van der Waals surface area contributed by atoms with Gasteiger partial charge in [0, 0.05) is 6.07 Å². The molecule has 0 spiro atoms. The average Bonchev–Trinajstić information content (AvgIpc) is 2.66. The molecule has 0 aromatic heterocycles.